The minimum atomic E-state index is -0.192. The third-order valence-electron chi connectivity index (χ3n) is 2.35. The largest absolute Gasteiger partial charge is 0.399 e. The molecule has 0 aliphatic carbocycles. The lowest BCUT2D eigenvalue weighted by molar-refractivity contribution is 0.0704. The Hall–Kier alpha value is -2.09. The Balaban J connectivity index is 2.88. The molecule has 0 spiro atoms. The lowest BCUT2D eigenvalue weighted by Gasteiger charge is -2.25. The highest BCUT2D eigenvalue weighted by molar-refractivity contribution is 5.93. The summed E-state index contributed by atoms with van der Waals surface area (Å²) in [7, 11) is 0. The predicted octanol–water partition coefficient (Wildman–Crippen LogP) is 1.43. The minimum absolute atomic E-state index is 0.0269. The highest BCUT2D eigenvalue weighted by Gasteiger charge is 2.19. The summed E-state index contributed by atoms with van der Waals surface area (Å²) in [4.78, 5) is 17.8. The summed E-state index contributed by atoms with van der Waals surface area (Å²) in [6, 6.07) is 5.24. The molecular weight excluding hydrogens is 216 g/mol. The molecule has 1 aromatic heterocycles. The maximum absolute atomic E-state index is 12.1. The highest BCUT2D eigenvalue weighted by Crippen LogP contribution is 2.09. The number of hydrogen-bond acceptors (Lipinski definition) is 4. The third-order valence-corrected chi connectivity index (χ3v) is 2.35. The first-order valence-electron chi connectivity index (χ1n) is 5.45. The molecule has 2 N–H and O–H groups in total. The second-order valence-electron chi connectivity index (χ2n) is 3.97. The van der Waals surface area contributed by atoms with Crippen LogP contribution in [0.2, 0.25) is 0 Å². The predicted molar refractivity (Wildman–Crippen MR) is 65.1 cm³/mol. The number of nitrogen functional groups attached to an aromatic ring is 1. The van der Waals surface area contributed by atoms with Gasteiger partial charge in [0.05, 0.1) is 12.5 Å². The van der Waals surface area contributed by atoms with Crippen LogP contribution in [-0.2, 0) is 0 Å². The second-order valence-corrected chi connectivity index (χ2v) is 3.97. The summed E-state index contributed by atoms with van der Waals surface area (Å²) in [6.07, 6.45) is 1.82. The first-order chi connectivity index (χ1) is 8.06. The smallest absolute Gasteiger partial charge is 0.272 e. The fourth-order valence-electron chi connectivity index (χ4n) is 1.48. The number of nitriles is 1. The van der Waals surface area contributed by atoms with Gasteiger partial charge >= 0.3 is 0 Å². The molecule has 0 atom stereocenters. The standard InChI is InChI=1S/C12H16N4O/c1-9(2)16(7-3-5-13)12(17)11-8-10(14)4-6-15-11/h4,6,8-9H,3,7H2,1-2H3,(H2,14,15). The molecule has 1 rings (SSSR count). The van der Waals surface area contributed by atoms with Crippen molar-refractivity contribution in [2.45, 2.75) is 26.3 Å². The molecule has 0 saturated heterocycles. The van der Waals surface area contributed by atoms with Crippen molar-refractivity contribution in [3.63, 3.8) is 0 Å². The summed E-state index contributed by atoms with van der Waals surface area (Å²) >= 11 is 0. The van der Waals surface area contributed by atoms with Crippen molar-refractivity contribution >= 4 is 11.6 Å². The van der Waals surface area contributed by atoms with Gasteiger partial charge in [0, 0.05) is 24.5 Å². The Labute approximate surface area is 101 Å². The van der Waals surface area contributed by atoms with Crippen molar-refractivity contribution in [3.8, 4) is 6.07 Å². The Morgan fingerprint density at radius 1 is 1.65 bits per heavy atom. The van der Waals surface area contributed by atoms with Crippen LogP contribution in [0, 0.1) is 11.3 Å². The number of amides is 1. The van der Waals surface area contributed by atoms with Crippen LogP contribution in [0.25, 0.3) is 0 Å². The van der Waals surface area contributed by atoms with Crippen LogP contribution in [0.15, 0.2) is 18.3 Å². The number of nitrogens with zero attached hydrogens (tertiary/aromatic N) is 3. The number of carbonyl (C=O) groups is 1. The molecule has 0 fully saturated rings. The molecule has 5 nitrogen and oxygen atoms in total. The summed E-state index contributed by atoms with van der Waals surface area (Å²) in [5.41, 5.74) is 6.43. The molecule has 90 valence electrons. The molecule has 0 saturated carbocycles. The van der Waals surface area contributed by atoms with E-state index >= 15 is 0 Å². The zero-order valence-electron chi connectivity index (χ0n) is 10.1. The molecule has 1 amide bonds. The Morgan fingerprint density at radius 2 is 2.35 bits per heavy atom. The van der Waals surface area contributed by atoms with Crippen LogP contribution in [-0.4, -0.2) is 28.4 Å². The summed E-state index contributed by atoms with van der Waals surface area (Å²) in [5, 5.41) is 8.57. The van der Waals surface area contributed by atoms with Gasteiger partial charge in [-0.2, -0.15) is 5.26 Å². The molecule has 0 bridgehead atoms. The van der Waals surface area contributed by atoms with Crippen LogP contribution in [0.3, 0.4) is 0 Å². The molecule has 1 heterocycles. The number of pyridine rings is 1. The summed E-state index contributed by atoms with van der Waals surface area (Å²) in [5.74, 6) is -0.192. The lowest BCUT2D eigenvalue weighted by atomic mass is 10.2. The molecule has 0 aliphatic rings. The Kier molecular flexibility index (Phi) is 4.46. The number of hydrogen-bond donors (Lipinski definition) is 1. The van der Waals surface area contributed by atoms with Gasteiger partial charge in [-0.3, -0.25) is 9.78 Å². The van der Waals surface area contributed by atoms with Crippen LogP contribution in [0.4, 0.5) is 5.69 Å². The van der Waals surface area contributed by atoms with E-state index in [1.165, 1.54) is 6.20 Å². The third kappa shape index (κ3) is 3.45. The molecule has 1 aromatic rings. The number of nitrogens with two attached hydrogens (primary N) is 1. The molecule has 5 heteroatoms. The van der Waals surface area contributed by atoms with Crippen molar-refractivity contribution in [3.05, 3.63) is 24.0 Å². The van der Waals surface area contributed by atoms with Crippen LogP contribution < -0.4 is 5.73 Å². The average molecular weight is 232 g/mol. The maximum atomic E-state index is 12.1. The van der Waals surface area contributed by atoms with Gasteiger partial charge in [-0.25, -0.2) is 0 Å². The molecule has 0 aromatic carbocycles. The van der Waals surface area contributed by atoms with Gasteiger partial charge < -0.3 is 10.6 Å². The van der Waals surface area contributed by atoms with Gasteiger partial charge in [-0.15, -0.1) is 0 Å². The monoisotopic (exact) mass is 232 g/mol. The Bertz CT molecular complexity index is 436. The van der Waals surface area contributed by atoms with Crippen LogP contribution in [0.5, 0.6) is 0 Å². The molecule has 0 unspecified atom stereocenters. The summed E-state index contributed by atoms with van der Waals surface area (Å²) < 4.78 is 0. The quantitative estimate of drug-likeness (QED) is 0.851. The fourth-order valence-corrected chi connectivity index (χ4v) is 1.48. The van der Waals surface area contributed by atoms with E-state index in [1.807, 2.05) is 19.9 Å². The van der Waals surface area contributed by atoms with Crippen molar-refractivity contribution in [1.82, 2.24) is 9.88 Å². The Morgan fingerprint density at radius 3 is 2.88 bits per heavy atom. The molecule has 0 radical (unpaired) electrons. The zero-order chi connectivity index (χ0) is 12.8. The van der Waals surface area contributed by atoms with Gasteiger partial charge in [0.15, 0.2) is 0 Å². The van der Waals surface area contributed by atoms with Gasteiger partial charge in [0.25, 0.3) is 5.91 Å². The average Bonchev–Trinajstić information content (AvgIpc) is 2.29. The lowest BCUT2D eigenvalue weighted by Crippen LogP contribution is -2.38. The normalized spacial score (nSPS) is 10.0. The molecule has 0 aliphatic heterocycles. The zero-order valence-corrected chi connectivity index (χ0v) is 10.1. The van der Waals surface area contributed by atoms with E-state index < -0.39 is 0 Å². The maximum Gasteiger partial charge on any atom is 0.272 e. The SMILES string of the molecule is CC(C)N(CCC#N)C(=O)c1cc(N)ccn1. The van der Waals surface area contributed by atoms with Gasteiger partial charge in [-0.1, -0.05) is 0 Å². The van der Waals surface area contributed by atoms with E-state index in [9.17, 15) is 4.79 Å². The molecular formula is C12H16N4O. The number of carbonyl (C=O) groups excluding carboxylic acids is 1. The number of rotatable bonds is 4. The van der Waals surface area contributed by atoms with Crippen molar-refractivity contribution < 1.29 is 4.79 Å². The second kappa shape index (κ2) is 5.85. The highest BCUT2D eigenvalue weighted by atomic mass is 16.2. The fraction of sp³-hybridized carbons (Fsp3) is 0.417. The van der Waals surface area contributed by atoms with Gasteiger partial charge in [0.1, 0.15) is 5.69 Å². The van der Waals surface area contributed by atoms with E-state index in [0.29, 0.717) is 24.3 Å². The van der Waals surface area contributed by atoms with E-state index in [2.05, 4.69) is 4.98 Å². The summed E-state index contributed by atoms with van der Waals surface area (Å²) in [6.45, 7) is 4.21. The van der Waals surface area contributed by atoms with Crippen LogP contribution in [0.1, 0.15) is 30.8 Å². The van der Waals surface area contributed by atoms with E-state index in [-0.39, 0.29) is 11.9 Å². The van der Waals surface area contributed by atoms with E-state index in [4.69, 9.17) is 11.0 Å². The number of aromatic nitrogens is 1. The van der Waals surface area contributed by atoms with Gasteiger partial charge in [-0.05, 0) is 26.0 Å². The minimum Gasteiger partial charge on any atom is -0.399 e. The van der Waals surface area contributed by atoms with Crippen molar-refractivity contribution in [2.75, 3.05) is 12.3 Å². The van der Waals surface area contributed by atoms with E-state index in [0.717, 1.165) is 0 Å². The first kappa shape index (κ1) is 13.0. The van der Waals surface area contributed by atoms with E-state index in [1.54, 1.807) is 17.0 Å². The topological polar surface area (TPSA) is 83.0 Å². The molecule has 17 heavy (non-hydrogen) atoms. The van der Waals surface area contributed by atoms with Crippen molar-refractivity contribution in [1.29, 1.82) is 5.26 Å². The van der Waals surface area contributed by atoms with Crippen LogP contribution >= 0.6 is 0 Å². The van der Waals surface area contributed by atoms with Gasteiger partial charge in [0.2, 0.25) is 0 Å². The first-order valence-corrected chi connectivity index (χ1v) is 5.45. The van der Waals surface area contributed by atoms with Crippen molar-refractivity contribution in [2.24, 2.45) is 0 Å². The number of anilines is 1.